The Kier molecular flexibility index (Phi) is 3.30. The number of rotatable bonds is 2. The van der Waals surface area contributed by atoms with Gasteiger partial charge in [-0.15, -0.1) is 11.3 Å². The molecular formula is C16H11N3OS. The van der Waals surface area contributed by atoms with Crippen LogP contribution in [-0.2, 0) is 0 Å². The average molecular weight is 293 g/mol. The summed E-state index contributed by atoms with van der Waals surface area (Å²) in [5.41, 5.74) is 8.27. The molecular weight excluding hydrogens is 282 g/mol. The number of aromatic nitrogens is 1. The number of nitrogens with zero attached hydrogens (tertiary/aromatic N) is 1. The summed E-state index contributed by atoms with van der Waals surface area (Å²) < 4.78 is 0. The van der Waals surface area contributed by atoms with E-state index in [-0.39, 0.29) is 11.1 Å². The molecule has 2 heterocycles. The van der Waals surface area contributed by atoms with Gasteiger partial charge in [-0.2, -0.15) is 5.26 Å². The van der Waals surface area contributed by atoms with Gasteiger partial charge >= 0.3 is 0 Å². The van der Waals surface area contributed by atoms with Crippen molar-refractivity contribution in [3.63, 3.8) is 0 Å². The van der Waals surface area contributed by atoms with Crippen LogP contribution in [0, 0.1) is 11.3 Å². The number of nitrogens with two attached hydrogens (primary N) is 1. The van der Waals surface area contributed by atoms with Gasteiger partial charge in [0.25, 0.3) is 5.56 Å². The number of nitriles is 1. The maximum atomic E-state index is 12.1. The first kappa shape index (κ1) is 13.2. The van der Waals surface area contributed by atoms with Crippen LogP contribution >= 0.6 is 11.3 Å². The highest BCUT2D eigenvalue weighted by Gasteiger charge is 2.12. The van der Waals surface area contributed by atoms with Crippen LogP contribution in [0.15, 0.2) is 52.6 Å². The van der Waals surface area contributed by atoms with Crippen molar-refractivity contribution in [2.75, 3.05) is 5.73 Å². The number of hydrogen-bond donors (Lipinski definition) is 2. The zero-order chi connectivity index (χ0) is 14.8. The SMILES string of the molecule is N#Cc1c(-c2cccs2)cc(-c2ccc(N)cc2)[nH]c1=O. The van der Waals surface area contributed by atoms with Gasteiger partial charge in [-0.1, -0.05) is 18.2 Å². The standard InChI is InChI=1S/C16H11N3OS/c17-9-13-12(15-2-1-7-21-15)8-14(19-16(13)20)10-3-5-11(18)6-4-10/h1-8H,18H2,(H,19,20). The molecule has 0 fully saturated rings. The predicted molar refractivity (Wildman–Crippen MR) is 84.9 cm³/mol. The molecule has 0 saturated heterocycles. The number of H-pyrrole nitrogens is 1. The molecule has 0 aliphatic rings. The second-order valence-electron chi connectivity index (χ2n) is 4.51. The van der Waals surface area contributed by atoms with E-state index in [2.05, 4.69) is 4.98 Å². The van der Waals surface area contributed by atoms with Crippen LogP contribution in [-0.4, -0.2) is 4.98 Å². The Morgan fingerprint density at radius 3 is 2.57 bits per heavy atom. The lowest BCUT2D eigenvalue weighted by atomic mass is 10.0. The Hall–Kier alpha value is -2.84. The lowest BCUT2D eigenvalue weighted by Gasteiger charge is -2.06. The van der Waals surface area contributed by atoms with E-state index in [1.165, 1.54) is 11.3 Å². The molecule has 0 aliphatic carbocycles. The van der Waals surface area contributed by atoms with E-state index < -0.39 is 0 Å². The monoisotopic (exact) mass is 293 g/mol. The van der Waals surface area contributed by atoms with Gasteiger partial charge < -0.3 is 10.7 Å². The molecule has 0 atom stereocenters. The molecule has 3 N–H and O–H groups in total. The van der Waals surface area contributed by atoms with Gasteiger partial charge in [0, 0.05) is 21.8 Å². The van der Waals surface area contributed by atoms with Crippen LogP contribution in [0.2, 0.25) is 0 Å². The van der Waals surface area contributed by atoms with Crippen molar-refractivity contribution in [2.45, 2.75) is 0 Å². The van der Waals surface area contributed by atoms with Crippen molar-refractivity contribution in [3.8, 4) is 27.8 Å². The minimum absolute atomic E-state index is 0.136. The number of anilines is 1. The van der Waals surface area contributed by atoms with Crippen LogP contribution < -0.4 is 11.3 Å². The second kappa shape index (κ2) is 5.27. The summed E-state index contributed by atoms with van der Waals surface area (Å²) >= 11 is 1.50. The topological polar surface area (TPSA) is 82.7 Å². The van der Waals surface area contributed by atoms with Crippen LogP contribution in [0.1, 0.15) is 5.56 Å². The largest absolute Gasteiger partial charge is 0.399 e. The van der Waals surface area contributed by atoms with Crippen LogP contribution in [0.5, 0.6) is 0 Å². The molecule has 0 radical (unpaired) electrons. The van der Waals surface area contributed by atoms with Gasteiger partial charge in [0.05, 0.1) is 0 Å². The molecule has 4 nitrogen and oxygen atoms in total. The molecule has 102 valence electrons. The number of nitrogen functional groups attached to an aromatic ring is 1. The molecule has 0 aliphatic heterocycles. The summed E-state index contributed by atoms with van der Waals surface area (Å²) in [6.45, 7) is 0. The number of benzene rings is 1. The number of nitrogens with one attached hydrogen (secondary N) is 1. The van der Waals surface area contributed by atoms with Gasteiger partial charge in [0.1, 0.15) is 11.6 Å². The van der Waals surface area contributed by atoms with Crippen molar-refractivity contribution >= 4 is 17.0 Å². The molecule has 1 aromatic carbocycles. The lowest BCUT2D eigenvalue weighted by Crippen LogP contribution is -2.12. The third-order valence-electron chi connectivity index (χ3n) is 3.15. The van der Waals surface area contributed by atoms with Crippen LogP contribution in [0.25, 0.3) is 21.7 Å². The molecule has 0 spiro atoms. The smallest absolute Gasteiger partial charge is 0.267 e. The fourth-order valence-corrected chi connectivity index (χ4v) is 2.86. The van der Waals surface area contributed by atoms with Crippen LogP contribution in [0.3, 0.4) is 0 Å². The molecule has 3 rings (SSSR count). The van der Waals surface area contributed by atoms with Crippen molar-refractivity contribution in [1.82, 2.24) is 4.98 Å². The molecule has 2 aromatic heterocycles. The molecule has 5 heteroatoms. The van der Waals surface area contributed by atoms with E-state index in [1.807, 2.05) is 41.8 Å². The normalized spacial score (nSPS) is 10.2. The predicted octanol–water partition coefficient (Wildman–Crippen LogP) is 3.22. The Balaban J connectivity index is 2.23. The minimum atomic E-state index is -0.379. The fraction of sp³-hybridized carbons (Fsp3) is 0. The maximum Gasteiger partial charge on any atom is 0.267 e. The summed E-state index contributed by atoms with van der Waals surface area (Å²) in [5, 5.41) is 11.1. The second-order valence-corrected chi connectivity index (χ2v) is 5.46. The molecule has 0 amide bonds. The quantitative estimate of drug-likeness (QED) is 0.712. The van der Waals surface area contributed by atoms with Gasteiger partial charge in [0.2, 0.25) is 0 Å². The summed E-state index contributed by atoms with van der Waals surface area (Å²) in [6.07, 6.45) is 0. The third-order valence-corrected chi connectivity index (χ3v) is 4.06. The summed E-state index contributed by atoms with van der Waals surface area (Å²) in [5.74, 6) is 0. The van der Waals surface area contributed by atoms with E-state index in [9.17, 15) is 10.1 Å². The lowest BCUT2D eigenvalue weighted by molar-refractivity contribution is 1.22. The zero-order valence-electron chi connectivity index (χ0n) is 11.0. The van der Waals surface area contributed by atoms with Crippen molar-refractivity contribution in [2.24, 2.45) is 0 Å². The summed E-state index contributed by atoms with van der Waals surface area (Å²) in [6, 6.07) is 14.8. The molecule has 3 aromatic rings. The highest BCUT2D eigenvalue weighted by atomic mass is 32.1. The highest BCUT2D eigenvalue weighted by molar-refractivity contribution is 7.13. The van der Waals surface area contributed by atoms with E-state index in [0.29, 0.717) is 16.9 Å². The van der Waals surface area contributed by atoms with Gasteiger partial charge in [0.15, 0.2) is 0 Å². The van der Waals surface area contributed by atoms with Crippen molar-refractivity contribution in [1.29, 1.82) is 5.26 Å². The zero-order valence-corrected chi connectivity index (χ0v) is 11.8. The highest BCUT2D eigenvalue weighted by Crippen LogP contribution is 2.29. The van der Waals surface area contributed by atoms with Gasteiger partial charge in [-0.3, -0.25) is 4.79 Å². The number of aromatic amines is 1. The van der Waals surface area contributed by atoms with E-state index in [0.717, 1.165) is 10.4 Å². The number of hydrogen-bond acceptors (Lipinski definition) is 4. The van der Waals surface area contributed by atoms with Gasteiger partial charge in [-0.25, -0.2) is 0 Å². The first-order valence-electron chi connectivity index (χ1n) is 6.26. The van der Waals surface area contributed by atoms with E-state index >= 15 is 0 Å². The first-order valence-corrected chi connectivity index (χ1v) is 7.14. The van der Waals surface area contributed by atoms with Crippen molar-refractivity contribution < 1.29 is 0 Å². The first-order chi connectivity index (χ1) is 10.2. The summed E-state index contributed by atoms with van der Waals surface area (Å²) in [4.78, 5) is 15.8. The third kappa shape index (κ3) is 2.45. The Morgan fingerprint density at radius 2 is 1.95 bits per heavy atom. The molecule has 0 saturated carbocycles. The van der Waals surface area contributed by atoms with Crippen LogP contribution in [0.4, 0.5) is 5.69 Å². The Morgan fingerprint density at radius 1 is 1.19 bits per heavy atom. The molecule has 0 bridgehead atoms. The number of thiophene rings is 1. The summed E-state index contributed by atoms with van der Waals surface area (Å²) in [7, 11) is 0. The minimum Gasteiger partial charge on any atom is -0.399 e. The van der Waals surface area contributed by atoms with E-state index in [1.54, 1.807) is 12.1 Å². The van der Waals surface area contributed by atoms with Gasteiger partial charge in [-0.05, 0) is 35.2 Å². The Labute approximate surface area is 125 Å². The fourth-order valence-electron chi connectivity index (χ4n) is 2.12. The van der Waals surface area contributed by atoms with Crippen molar-refractivity contribution in [3.05, 3.63) is 63.8 Å². The maximum absolute atomic E-state index is 12.1. The number of pyridine rings is 1. The molecule has 0 unspecified atom stereocenters. The van der Waals surface area contributed by atoms with E-state index in [4.69, 9.17) is 5.73 Å². The average Bonchev–Trinajstić information content (AvgIpc) is 3.01. The Bertz CT molecular complexity index is 871. The molecule has 21 heavy (non-hydrogen) atoms.